The minimum Gasteiger partial charge on any atom is -0.0840 e. The molecule has 0 amide bonds. The van der Waals surface area contributed by atoms with E-state index in [4.69, 9.17) is 11.6 Å². The van der Waals surface area contributed by atoms with Crippen LogP contribution in [0.25, 0.3) is 0 Å². The minimum absolute atomic E-state index is 0.122. The molecule has 1 rings (SSSR count). The summed E-state index contributed by atoms with van der Waals surface area (Å²) < 4.78 is 0.122. The lowest BCUT2D eigenvalue weighted by Crippen LogP contribution is -2.10. The Morgan fingerprint density at radius 2 is 1.79 bits per heavy atom. The van der Waals surface area contributed by atoms with E-state index in [1.165, 1.54) is 5.56 Å². The van der Waals surface area contributed by atoms with Gasteiger partial charge in [0.05, 0.1) is 3.74 Å². The molecular formula is C11H13Br2Cl. The second kappa shape index (κ2) is 4.54. The van der Waals surface area contributed by atoms with Gasteiger partial charge in [0.1, 0.15) is 0 Å². The van der Waals surface area contributed by atoms with Gasteiger partial charge in [-0.3, -0.25) is 0 Å². The molecule has 0 saturated carbocycles. The highest BCUT2D eigenvalue weighted by Gasteiger charge is 2.16. The predicted molar refractivity (Wildman–Crippen MR) is 70.7 cm³/mol. The van der Waals surface area contributed by atoms with Gasteiger partial charge in [-0.05, 0) is 22.6 Å². The third kappa shape index (κ3) is 2.98. The smallest absolute Gasteiger partial charge is 0.0840 e. The van der Waals surface area contributed by atoms with Gasteiger partial charge in [-0.2, -0.15) is 0 Å². The Labute approximate surface area is 107 Å². The molecule has 3 heteroatoms. The first-order valence-electron chi connectivity index (χ1n) is 4.40. The van der Waals surface area contributed by atoms with Crippen molar-refractivity contribution in [3.8, 4) is 0 Å². The molecule has 0 aliphatic heterocycles. The molecule has 1 aromatic carbocycles. The van der Waals surface area contributed by atoms with Gasteiger partial charge in [-0.1, -0.05) is 76.4 Å². The summed E-state index contributed by atoms with van der Waals surface area (Å²) in [7, 11) is 0. The zero-order chi connectivity index (χ0) is 10.9. The molecule has 0 heterocycles. The number of hydrogen-bond acceptors (Lipinski definition) is 0. The maximum Gasteiger partial charge on any atom is 0.0960 e. The normalized spacial score (nSPS) is 12.2. The minimum atomic E-state index is 0.122. The van der Waals surface area contributed by atoms with Gasteiger partial charge >= 0.3 is 0 Å². The van der Waals surface area contributed by atoms with Crippen molar-refractivity contribution in [3.05, 3.63) is 34.3 Å². The molecule has 0 spiro atoms. The number of hydrogen-bond donors (Lipinski definition) is 0. The Bertz CT molecular complexity index is 327. The summed E-state index contributed by atoms with van der Waals surface area (Å²) in [5, 5.41) is 0.802. The summed E-state index contributed by atoms with van der Waals surface area (Å²) in [4.78, 5) is 0. The summed E-state index contributed by atoms with van der Waals surface area (Å²) in [5.74, 6) is 0. The third-order valence-corrected chi connectivity index (χ3v) is 3.42. The fourth-order valence-electron chi connectivity index (χ4n) is 1.17. The van der Waals surface area contributed by atoms with E-state index in [2.05, 4.69) is 64.8 Å². The van der Waals surface area contributed by atoms with Crippen LogP contribution in [0.15, 0.2) is 18.2 Å². The van der Waals surface area contributed by atoms with Crippen LogP contribution in [0, 0.1) is 0 Å². The molecule has 0 atom stereocenters. The topological polar surface area (TPSA) is 0 Å². The summed E-state index contributed by atoms with van der Waals surface area (Å²) in [5.41, 5.74) is 2.47. The van der Waals surface area contributed by atoms with Crippen molar-refractivity contribution in [3.63, 3.8) is 0 Å². The first kappa shape index (κ1) is 12.5. The van der Waals surface area contributed by atoms with Crippen LogP contribution in [-0.4, -0.2) is 0 Å². The van der Waals surface area contributed by atoms with Crippen molar-refractivity contribution in [1.82, 2.24) is 0 Å². The quantitative estimate of drug-likeness (QED) is 0.598. The van der Waals surface area contributed by atoms with Gasteiger partial charge in [0, 0.05) is 5.02 Å². The van der Waals surface area contributed by atoms with Crippen molar-refractivity contribution in [2.24, 2.45) is 0 Å². The molecule has 14 heavy (non-hydrogen) atoms. The maximum atomic E-state index is 6.17. The summed E-state index contributed by atoms with van der Waals surface area (Å²) in [6.07, 6.45) is 0. The van der Waals surface area contributed by atoms with Crippen molar-refractivity contribution in [2.45, 2.75) is 29.9 Å². The molecule has 0 radical (unpaired) electrons. The van der Waals surface area contributed by atoms with E-state index in [1.807, 2.05) is 6.07 Å². The lowest BCUT2D eigenvalue weighted by Gasteiger charge is -2.20. The Morgan fingerprint density at radius 1 is 1.21 bits per heavy atom. The lowest BCUT2D eigenvalue weighted by molar-refractivity contribution is 0.590. The van der Waals surface area contributed by atoms with E-state index in [1.54, 1.807) is 0 Å². The van der Waals surface area contributed by atoms with Crippen LogP contribution in [0.2, 0.25) is 5.02 Å². The average Bonchev–Trinajstić information content (AvgIpc) is 2.01. The highest BCUT2D eigenvalue weighted by Crippen LogP contribution is 2.36. The highest BCUT2D eigenvalue weighted by atomic mass is 79.9. The largest absolute Gasteiger partial charge is 0.0960 e. The van der Waals surface area contributed by atoms with Gasteiger partial charge in [0.2, 0.25) is 0 Å². The fraction of sp³-hybridized carbons (Fsp3) is 0.455. The molecule has 0 aliphatic rings. The number of rotatable bonds is 1. The Kier molecular flexibility index (Phi) is 4.07. The van der Waals surface area contributed by atoms with E-state index in [9.17, 15) is 0 Å². The van der Waals surface area contributed by atoms with Crippen LogP contribution < -0.4 is 0 Å². The van der Waals surface area contributed by atoms with E-state index in [0.29, 0.717) is 0 Å². The van der Waals surface area contributed by atoms with E-state index >= 15 is 0 Å². The average molecular weight is 340 g/mol. The van der Waals surface area contributed by atoms with Gasteiger partial charge in [0.15, 0.2) is 0 Å². The van der Waals surface area contributed by atoms with Crippen molar-refractivity contribution >= 4 is 43.5 Å². The number of benzene rings is 1. The molecule has 0 unspecified atom stereocenters. The van der Waals surface area contributed by atoms with E-state index in [0.717, 1.165) is 10.6 Å². The molecule has 0 bridgehead atoms. The first-order chi connectivity index (χ1) is 6.32. The van der Waals surface area contributed by atoms with Crippen molar-refractivity contribution < 1.29 is 0 Å². The summed E-state index contributed by atoms with van der Waals surface area (Å²) in [6.45, 7) is 6.54. The monoisotopic (exact) mass is 338 g/mol. The zero-order valence-corrected chi connectivity index (χ0v) is 12.4. The molecule has 0 aromatic heterocycles. The SMILES string of the molecule is CC(C)(C)c1ccc(C(Br)Br)c(Cl)c1. The molecule has 0 N–H and O–H groups in total. The second-order valence-corrected chi connectivity index (χ2v) is 7.75. The third-order valence-electron chi connectivity index (χ3n) is 2.10. The van der Waals surface area contributed by atoms with Crippen molar-refractivity contribution in [1.29, 1.82) is 0 Å². The van der Waals surface area contributed by atoms with Crippen LogP contribution in [0.1, 0.15) is 35.6 Å². The first-order valence-corrected chi connectivity index (χ1v) is 6.61. The van der Waals surface area contributed by atoms with Gasteiger partial charge in [-0.25, -0.2) is 0 Å². The molecule has 0 aliphatic carbocycles. The lowest BCUT2D eigenvalue weighted by atomic mass is 9.87. The highest BCUT2D eigenvalue weighted by molar-refractivity contribution is 9.24. The van der Waals surface area contributed by atoms with Crippen LogP contribution >= 0.6 is 43.5 Å². The van der Waals surface area contributed by atoms with E-state index < -0.39 is 0 Å². The number of halogens is 3. The van der Waals surface area contributed by atoms with Crippen LogP contribution in [0.3, 0.4) is 0 Å². The van der Waals surface area contributed by atoms with E-state index in [-0.39, 0.29) is 9.15 Å². The molecule has 78 valence electrons. The van der Waals surface area contributed by atoms with Crippen LogP contribution in [0.5, 0.6) is 0 Å². The Morgan fingerprint density at radius 3 is 2.14 bits per heavy atom. The van der Waals surface area contributed by atoms with Gasteiger partial charge in [-0.15, -0.1) is 0 Å². The zero-order valence-electron chi connectivity index (χ0n) is 8.44. The number of alkyl halides is 2. The Balaban J connectivity index is 3.13. The molecule has 0 fully saturated rings. The van der Waals surface area contributed by atoms with Crippen LogP contribution in [-0.2, 0) is 5.41 Å². The molecule has 0 nitrogen and oxygen atoms in total. The predicted octanol–water partition coefficient (Wildman–Crippen LogP) is 5.43. The standard InChI is InChI=1S/C11H13Br2Cl/c1-11(2,3)7-4-5-8(10(12)13)9(14)6-7/h4-6,10H,1-3H3. The molecule has 1 aromatic rings. The van der Waals surface area contributed by atoms with Gasteiger partial charge < -0.3 is 0 Å². The summed E-state index contributed by atoms with van der Waals surface area (Å²) in [6, 6.07) is 6.21. The Hall–Kier alpha value is 0.470. The molecular weight excluding hydrogens is 327 g/mol. The molecule has 0 saturated heterocycles. The maximum absolute atomic E-state index is 6.17. The summed E-state index contributed by atoms with van der Waals surface area (Å²) >= 11 is 13.1. The second-order valence-electron chi connectivity index (χ2n) is 4.29. The fourth-order valence-corrected chi connectivity index (χ4v) is 2.52. The van der Waals surface area contributed by atoms with Crippen LogP contribution in [0.4, 0.5) is 0 Å². The van der Waals surface area contributed by atoms with Gasteiger partial charge in [0.25, 0.3) is 0 Å². The van der Waals surface area contributed by atoms with Crippen molar-refractivity contribution in [2.75, 3.05) is 0 Å².